The lowest BCUT2D eigenvalue weighted by atomic mass is 9.81. The van der Waals surface area contributed by atoms with Crippen LogP contribution in [0.4, 0.5) is 5.69 Å². The van der Waals surface area contributed by atoms with Crippen LogP contribution in [-0.4, -0.2) is 45.0 Å². The van der Waals surface area contributed by atoms with Gasteiger partial charge >= 0.3 is 0 Å². The number of hydrogen-bond acceptors (Lipinski definition) is 6. The number of nitrogens with zero attached hydrogens (tertiary/aromatic N) is 3. The maximum Gasteiger partial charge on any atom is 0.274 e. The molecule has 3 fully saturated rings. The third-order valence-electron chi connectivity index (χ3n) is 7.18. The summed E-state index contributed by atoms with van der Waals surface area (Å²) in [6.07, 6.45) is 2.58. The van der Waals surface area contributed by atoms with Gasteiger partial charge in [-0.25, -0.2) is 5.01 Å². The number of nitro benzene ring substituents is 1. The highest BCUT2D eigenvalue weighted by molar-refractivity contribution is 6.34. The second-order valence-electron chi connectivity index (χ2n) is 8.94. The van der Waals surface area contributed by atoms with Gasteiger partial charge in [-0.2, -0.15) is 5.01 Å². The normalized spacial score (nSPS) is 24.9. The monoisotopic (exact) mass is 481 g/mol. The molecule has 0 radical (unpaired) electrons. The van der Waals surface area contributed by atoms with E-state index in [0.29, 0.717) is 0 Å². The Kier molecular flexibility index (Phi) is 5.44. The first kappa shape index (κ1) is 22.2. The van der Waals surface area contributed by atoms with Gasteiger partial charge in [0.2, 0.25) is 0 Å². The number of non-ortho nitro benzene ring substituents is 1. The molecule has 3 aliphatic rings. The van der Waals surface area contributed by atoms with Gasteiger partial charge in [0.05, 0.1) is 27.3 Å². The molecule has 10 heteroatoms. The number of Topliss-reactive ketones (excluding diaryl/α,β-unsaturated/α-hetero) is 1. The van der Waals surface area contributed by atoms with E-state index < -0.39 is 46.8 Å². The molecule has 2 saturated carbocycles. The molecule has 174 valence electrons. The van der Waals surface area contributed by atoms with Crippen molar-refractivity contribution in [3.8, 4) is 0 Å². The van der Waals surface area contributed by atoms with Gasteiger partial charge in [-0.3, -0.25) is 29.3 Å². The molecule has 2 aromatic rings. The number of hydrogen-bond donors (Lipinski definition) is 0. The highest BCUT2D eigenvalue weighted by Gasteiger charge is 2.62. The van der Waals surface area contributed by atoms with E-state index in [-0.39, 0.29) is 33.7 Å². The molecular formula is C24H20ClN3O6. The van der Waals surface area contributed by atoms with Crippen molar-refractivity contribution in [2.24, 2.45) is 23.7 Å². The van der Waals surface area contributed by atoms with E-state index in [4.69, 9.17) is 11.6 Å². The van der Waals surface area contributed by atoms with Crippen molar-refractivity contribution in [3.63, 3.8) is 0 Å². The number of carbonyl (C=O) groups excluding carboxylic acids is 4. The lowest BCUT2D eigenvalue weighted by Crippen LogP contribution is -2.52. The number of amides is 3. The number of ketones is 1. The van der Waals surface area contributed by atoms with Crippen molar-refractivity contribution in [1.29, 1.82) is 0 Å². The lowest BCUT2D eigenvalue weighted by Gasteiger charge is -2.31. The van der Waals surface area contributed by atoms with Gasteiger partial charge in [0.1, 0.15) is 6.54 Å². The van der Waals surface area contributed by atoms with Gasteiger partial charge in [0.25, 0.3) is 23.4 Å². The van der Waals surface area contributed by atoms with Gasteiger partial charge in [0.15, 0.2) is 5.78 Å². The summed E-state index contributed by atoms with van der Waals surface area (Å²) >= 11 is 6.21. The predicted octanol–water partition coefficient (Wildman–Crippen LogP) is 3.52. The Labute approximate surface area is 199 Å². The van der Waals surface area contributed by atoms with E-state index in [9.17, 15) is 29.3 Å². The zero-order valence-corrected chi connectivity index (χ0v) is 18.7. The van der Waals surface area contributed by atoms with Crippen LogP contribution in [0.3, 0.4) is 0 Å². The number of fused-ring (bicyclic) bond motifs is 5. The number of imide groups is 1. The molecule has 0 aromatic heterocycles. The van der Waals surface area contributed by atoms with E-state index in [1.54, 1.807) is 12.1 Å². The Morgan fingerprint density at radius 2 is 1.59 bits per heavy atom. The van der Waals surface area contributed by atoms with Crippen molar-refractivity contribution in [3.05, 3.63) is 74.8 Å². The van der Waals surface area contributed by atoms with Crippen molar-refractivity contribution in [2.45, 2.75) is 19.3 Å². The molecule has 2 aromatic carbocycles. The summed E-state index contributed by atoms with van der Waals surface area (Å²) in [4.78, 5) is 63.7. The molecule has 3 amide bonds. The van der Waals surface area contributed by atoms with Crippen LogP contribution in [0.25, 0.3) is 0 Å². The summed E-state index contributed by atoms with van der Waals surface area (Å²) in [5.41, 5.74) is -0.0167. The van der Waals surface area contributed by atoms with E-state index in [1.165, 1.54) is 36.4 Å². The van der Waals surface area contributed by atoms with Crippen LogP contribution >= 0.6 is 11.6 Å². The molecule has 9 nitrogen and oxygen atoms in total. The zero-order chi connectivity index (χ0) is 24.1. The molecule has 1 saturated heterocycles. The molecule has 0 spiro atoms. The molecule has 0 N–H and O–H groups in total. The van der Waals surface area contributed by atoms with Crippen molar-refractivity contribution in [2.75, 3.05) is 6.54 Å². The Balaban J connectivity index is 1.49. The number of hydrazine groups is 1. The minimum absolute atomic E-state index is 0.0568. The van der Waals surface area contributed by atoms with E-state index in [0.717, 1.165) is 29.3 Å². The standard InChI is InChI=1S/C24H20ClN3O6/c25-18-4-2-1-3-17(18)22(30)26(12-19(29)13-7-9-16(10-8-13)28(33)34)27-23(31)20-14-5-6-15(11-14)21(20)24(27)32/h1-4,7-10,14-15,20-21H,5-6,11-12H2/t14-,15-,20-,21+/m0/s1. The van der Waals surface area contributed by atoms with E-state index in [2.05, 4.69) is 0 Å². The number of carbonyl (C=O) groups is 4. The molecule has 2 aliphatic carbocycles. The molecule has 1 heterocycles. The third kappa shape index (κ3) is 3.47. The average molecular weight is 482 g/mol. The fourth-order valence-electron chi connectivity index (χ4n) is 5.63. The van der Waals surface area contributed by atoms with E-state index in [1.807, 2.05) is 0 Å². The minimum Gasteiger partial charge on any atom is -0.292 e. The number of benzene rings is 2. The molecule has 0 unspecified atom stereocenters. The summed E-state index contributed by atoms with van der Waals surface area (Å²) < 4.78 is 0. The van der Waals surface area contributed by atoms with Gasteiger partial charge < -0.3 is 0 Å². The van der Waals surface area contributed by atoms with Crippen molar-refractivity contribution < 1.29 is 24.1 Å². The fourth-order valence-corrected chi connectivity index (χ4v) is 5.85. The number of rotatable bonds is 6. The third-order valence-corrected chi connectivity index (χ3v) is 7.51. The second-order valence-corrected chi connectivity index (χ2v) is 9.35. The van der Waals surface area contributed by atoms with Crippen LogP contribution in [0.2, 0.25) is 5.02 Å². The maximum atomic E-state index is 13.5. The first-order valence-electron chi connectivity index (χ1n) is 11.0. The summed E-state index contributed by atoms with van der Waals surface area (Å²) in [7, 11) is 0. The predicted molar refractivity (Wildman–Crippen MR) is 120 cm³/mol. The molecule has 4 atom stereocenters. The molecule has 2 bridgehead atoms. The van der Waals surface area contributed by atoms with Gasteiger partial charge in [-0.1, -0.05) is 23.7 Å². The summed E-state index contributed by atoms with van der Waals surface area (Å²) in [6, 6.07) is 11.1. The summed E-state index contributed by atoms with van der Waals surface area (Å²) in [5.74, 6) is -2.95. The van der Waals surface area contributed by atoms with E-state index >= 15 is 0 Å². The highest BCUT2D eigenvalue weighted by atomic mass is 35.5. The largest absolute Gasteiger partial charge is 0.292 e. The lowest BCUT2D eigenvalue weighted by molar-refractivity contribution is -0.384. The molecular weight excluding hydrogens is 462 g/mol. The van der Waals surface area contributed by atoms with Crippen molar-refractivity contribution >= 4 is 40.8 Å². The Morgan fingerprint density at radius 3 is 2.15 bits per heavy atom. The molecule has 34 heavy (non-hydrogen) atoms. The Bertz CT molecular complexity index is 1200. The van der Waals surface area contributed by atoms with Crippen LogP contribution < -0.4 is 0 Å². The quantitative estimate of drug-likeness (QED) is 0.269. The molecule has 5 rings (SSSR count). The number of halogens is 1. The van der Waals surface area contributed by atoms with Crippen molar-refractivity contribution in [1.82, 2.24) is 10.0 Å². The van der Waals surface area contributed by atoms with Gasteiger partial charge in [-0.05, 0) is 55.4 Å². The number of nitro groups is 1. The Morgan fingerprint density at radius 1 is 1.00 bits per heavy atom. The fraction of sp³-hybridized carbons (Fsp3) is 0.333. The van der Waals surface area contributed by atoms with Crippen LogP contribution in [0, 0.1) is 33.8 Å². The highest BCUT2D eigenvalue weighted by Crippen LogP contribution is 2.56. The van der Waals surface area contributed by atoms with Gasteiger partial charge in [-0.15, -0.1) is 0 Å². The topological polar surface area (TPSA) is 118 Å². The average Bonchev–Trinajstić information content (AvgIpc) is 3.51. The molecule has 1 aliphatic heterocycles. The van der Waals surface area contributed by atoms with Crippen LogP contribution in [0.1, 0.15) is 40.0 Å². The SMILES string of the molecule is O=C(CN(C(=O)c1ccccc1Cl)N1C(=O)[C@@H]2[C@H]3CC[C@@H](C3)[C@@H]2C1=O)c1ccc([N+](=O)[O-])cc1. The van der Waals surface area contributed by atoms with Crippen LogP contribution in [0.15, 0.2) is 48.5 Å². The van der Waals surface area contributed by atoms with Gasteiger partial charge in [0, 0.05) is 17.7 Å². The van der Waals surface area contributed by atoms with Crippen LogP contribution in [0.5, 0.6) is 0 Å². The maximum absolute atomic E-state index is 13.5. The first-order valence-corrected chi connectivity index (χ1v) is 11.4. The first-order chi connectivity index (χ1) is 16.3. The second kappa shape index (κ2) is 8.32. The summed E-state index contributed by atoms with van der Waals surface area (Å²) in [6.45, 7) is -0.589. The zero-order valence-electron chi connectivity index (χ0n) is 17.9. The summed E-state index contributed by atoms with van der Waals surface area (Å²) in [5, 5.41) is 12.8. The Hall–Kier alpha value is -3.59. The van der Waals surface area contributed by atoms with Crippen LogP contribution in [-0.2, 0) is 9.59 Å². The minimum atomic E-state index is -0.741. The smallest absolute Gasteiger partial charge is 0.274 e.